The highest BCUT2D eigenvalue weighted by molar-refractivity contribution is 5.97. The van der Waals surface area contributed by atoms with E-state index in [0.29, 0.717) is 64.2 Å². The van der Waals surface area contributed by atoms with Gasteiger partial charge in [0.15, 0.2) is 0 Å². The molecule has 2 atom stereocenters. The summed E-state index contributed by atoms with van der Waals surface area (Å²) in [5, 5.41) is 22.5. The standard InChI is InChI=1S/C35H38FN7O2/c1-3-32(44)43-17-16-42(22-27(43)10-13-37)34-28-12-15-41(31-9-5-8-25-7-4-6-24(2)33(25)31)23-30(28)39-35(29(34)20-38)45-19-18-40-14-11-26(36)21-40/h3-9,26-27H,1,10-12,14-19,21-23H2,2H3. The number of nitrogens with zero attached hydrogens (tertiary/aromatic N) is 7. The predicted molar refractivity (Wildman–Crippen MR) is 172 cm³/mol. The topological polar surface area (TPSA) is 99.7 Å². The molecule has 3 aliphatic rings. The van der Waals surface area contributed by atoms with Gasteiger partial charge in [0.1, 0.15) is 24.4 Å². The number of ether oxygens (including phenoxy) is 1. The number of anilines is 2. The fourth-order valence-electron chi connectivity index (χ4n) is 7.07. The fourth-order valence-corrected chi connectivity index (χ4v) is 7.07. The lowest BCUT2D eigenvalue weighted by atomic mass is 9.95. The van der Waals surface area contributed by atoms with Crippen LogP contribution in [0.4, 0.5) is 15.8 Å². The van der Waals surface area contributed by atoms with Gasteiger partial charge in [-0.3, -0.25) is 9.69 Å². The Balaban J connectivity index is 1.37. The van der Waals surface area contributed by atoms with Gasteiger partial charge in [-0.2, -0.15) is 10.5 Å². The molecular formula is C35H38FN7O2. The molecule has 0 saturated carbocycles. The normalized spacial score (nSPS) is 20.0. The Morgan fingerprint density at radius 3 is 2.69 bits per heavy atom. The fraction of sp³-hybridized carbons (Fsp3) is 0.429. The number of amides is 1. The van der Waals surface area contributed by atoms with Gasteiger partial charge in [-0.15, -0.1) is 0 Å². The van der Waals surface area contributed by atoms with E-state index in [1.807, 2.05) is 4.90 Å². The average molecular weight is 608 g/mol. The van der Waals surface area contributed by atoms with Gasteiger partial charge >= 0.3 is 0 Å². The molecule has 0 aliphatic carbocycles. The summed E-state index contributed by atoms with van der Waals surface area (Å²) < 4.78 is 20.0. The van der Waals surface area contributed by atoms with E-state index in [-0.39, 0.29) is 30.9 Å². The van der Waals surface area contributed by atoms with Crippen LogP contribution in [0.5, 0.6) is 5.88 Å². The summed E-state index contributed by atoms with van der Waals surface area (Å²) in [6.45, 7) is 10.3. The number of hydrogen-bond donors (Lipinski definition) is 0. The van der Waals surface area contributed by atoms with Gasteiger partial charge in [0.05, 0.1) is 36.5 Å². The predicted octanol–water partition coefficient (Wildman–Crippen LogP) is 4.52. The number of halogens is 1. The number of rotatable bonds is 8. The number of likely N-dealkylation sites (tertiary alicyclic amines) is 1. The lowest BCUT2D eigenvalue weighted by Crippen LogP contribution is -2.55. The molecular weight excluding hydrogens is 569 g/mol. The molecule has 0 spiro atoms. The van der Waals surface area contributed by atoms with E-state index in [9.17, 15) is 19.7 Å². The van der Waals surface area contributed by atoms with E-state index < -0.39 is 6.17 Å². The van der Waals surface area contributed by atoms with Crippen LogP contribution in [0.1, 0.15) is 35.2 Å². The molecule has 2 aromatic carbocycles. The SMILES string of the molecule is C=CC(=O)N1CCN(c2c(C#N)c(OCCN3CCC(F)C3)nc3c2CCN(c2cccc4cccc(C)c24)C3)CC1CC#N. The molecule has 10 heteroatoms. The van der Waals surface area contributed by atoms with Crippen LogP contribution in [0.25, 0.3) is 10.8 Å². The van der Waals surface area contributed by atoms with Crippen LogP contribution in [0.3, 0.4) is 0 Å². The zero-order valence-corrected chi connectivity index (χ0v) is 25.7. The molecule has 45 heavy (non-hydrogen) atoms. The van der Waals surface area contributed by atoms with E-state index in [0.717, 1.165) is 29.2 Å². The van der Waals surface area contributed by atoms with Gasteiger partial charge in [-0.05, 0) is 42.9 Å². The first-order valence-electron chi connectivity index (χ1n) is 15.6. The van der Waals surface area contributed by atoms with Crippen LogP contribution in [-0.4, -0.2) is 85.3 Å². The number of hydrogen-bond acceptors (Lipinski definition) is 8. The van der Waals surface area contributed by atoms with Gasteiger partial charge in [0, 0.05) is 62.5 Å². The Morgan fingerprint density at radius 2 is 1.96 bits per heavy atom. The molecule has 3 aromatic rings. The van der Waals surface area contributed by atoms with Crippen LogP contribution in [-0.2, 0) is 17.8 Å². The van der Waals surface area contributed by atoms with Crippen molar-refractivity contribution >= 4 is 28.1 Å². The minimum Gasteiger partial charge on any atom is -0.475 e. The van der Waals surface area contributed by atoms with Crippen molar-refractivity contribution in [1.29, 1.82) is 10.5 Å². The summed E-state index contributed by atoms with van der Waals surface area (Å²) in [5.74, 6) is 0.0780. The number of aromatic nitrogens is 1. The number of nitriles is 2. The molecule has 2 fully saturated rings. The van der Waals surface area contributed by atoms with Crippen LogP contribution in [0.2, 0.25) is 0 Å². The number of benzene rings is 2. The van der Waals surface area contributed by atoms with E-state index >= 15 is 0 Å². The minimum atomic E-state index is -0.815. The quantitative estimate of drug-likeness (QED) is 0.345. The molecule has 2 unspecified atom stereocenters. The first kappa shape index (κ1) is 30.4. The van der Waals surface area contributed by atoms with Crippen molar-refractivity contribution < 1.29 is 13.9 Å². The Kier molecular flexibility index (Phi) is 8.86. The number of aryl methyl sites for hydroxylation is 1. The smallest absolute Gasteiger partial charge is 0.246 e. The summed E-state index contributed by atoms with van der Waals surface area (Å²) >= 11 is 0. The summed E-state index contributed by atoms with van der Waals surface area (Å²) in [6.07, 6.45) is 1.85. The number of carbonyl (C=O) groups is 1. The van der Waals surface area contributed by atoms with Crippen LogP contribution in [0.15, 0.2) is 49.1 Å². The lowest BCUT2D eigenvalue weighted by molar-refractivity contribution is -0.128. The molecule has 0 bridgehead atoms. The second-order valence-electron chi connectivity index (χ2n) is 12.0. The first-order valence-corrected chi connectivity index (χ1v) is 15.6. The molecule has 6 rings (SSSR count). The average Bonchev–Trinajstić information content (AvgIpc) is 3.48. The maximum atomic E-state index is 13.8. The molecule has 3 aliphatic heterocycles. The highest BCUT2D eigenvalue weighted by Gasteiger charge is 2.35. The minimum absolute atomic E-state index is 0.175. The van der Waals surface area contributed by atoms with Gasteiger partial charge in [-0.25, -0.2) is 9.37 Å². The second kappa shape index (κ2) is 13.1. The molecule has 2 saturated heterocycles. The third-order valence-electron chi connectivity index (χ3n) is 9.28. The van der Waals surface area contributed by atoms with E-state index in [1.165, 1.54) is 22.4 Å². The van der Waals surface area contributed by atoms with Crippen molar-refractivity contribution in [2.75, 3.05) is 62.2 Å². The highest BCUT2D eigenvalue weighted by Crippen LogP contribution is 2.40. The third-order valence-corrected chi connectivity index (χ3v) is 9.28. The van der Waals surface area contributed by atoms with Crippen molar-refractivity contribution in [3.8, 4) is 18.0 Å². The zero-order chi connectivity index (χ0) is 31.5. The second-order valence-corrected chi connectivity index (χ2v) is 12.0. The first-order chi connectivity index (χ1) is 21.9. The largest absolute Gasteiger partial charge is 0.475 e. The monoisotopic (exact) mass is 607 g/mol. The molecule has 0 N–H and O–H groups in total. The summed E-state index contributed by atoms with van der Waals surface area (Å²) in [6, 6.07) is 17.0. The van der Waals surface area contributed by atoms with Gasteiger partial charge in [0.25, 0.3) is 0 Å². The Morgan fingerprint density at radius 1 is 1.13 bits per heavy atom. The summed E-state index contributed by atoms with van der Waals surface area (Å²) in [5.41, 5.74) is 5.36. The molecule has 9 nitrogen and oxygen atoms in total. The van der Waals surface area contributed by atoms with Crippen LogP contribution < -0.4 is 14.5 Å². The number of fused-ring (bicyclic) bond motifs is 2. The Bertz CT molecular complexity index is 1690. The van der Waals surface area contributed by atoms with E-state index in [1.54, 1.807) is 4.90 Å². The number of piperazine rings is 1. The number of alkyl halides is 1. The van der Waals surface area contributed by atoms with Crippen molar-refractivity contribution in [2.45, 2.75) is 44.9 Å². The maximum Gasteiger partial charge on any atom is 0.246 e. The zero-order valence-electron chi connectivity index (χ0n) is 25.7. The summed E-state index contributed by atoms with van der Waals surface area (Å²) in [7, 11) is 0. The van der Waals surface area contributed by atoms with E-state index in [2.05, 4.69) is 71.8 Å². The van der Waals surface area contributed by atoms with E-state index in [4.69, 9.17) is 9.72 Å². The molecule has 1 aromatic heterocycles. The highest BCUT2D eigenvalue weighted by atomic mass is 19.1. The Labute approximate surface area is 263 Å². The van der Waals surface area contributed by atoms with Crippen LogP contribution >= 0.6 is 0 Å². The molecule has 4 heterocycles. The number of carbonyl (C=O) groups excluding carboxylic acids is 1. The van der Waals surface area contributed by atoms with Gasteiger partial charge < -0.3 is 19.4 Å². The van der Waals surface area contributed by atoms with Crippen molar-refractivity contribution in [3.05, 3.63) is 71.4 Å². The third kappa shape index (κ3) is 6.03. The molecule has 0 radical (unpaired) electrons. The molecule has 232 valence electrons. The van der Waals surface area contributed by atoms with Crippen molar-refractivity contribution in [3.63, 3.8) is 0 Å². The molecule has 1 amide bonds. The lowest BCUT2D eigenvalue weighted by Gasteiger charge is -2.43. The number of pyridine rings is 1. The van der Waals surface area contributed by atoms with Crippen molar-refractivity contribution in [2.24, 2.45) is 0 Å². The summed E-state index contributed by atoms with van der Waals surface area (Å²) in [4.78, 5) is 25.8. The Hall–Kier alpha value is -4.67. The maximum absolute atomic E-state index is 13.8. The van der Waals surface area contributed by atoms with Crippen molar-refractivity contribution in [1.82, 2.24) is 14.8 Å². The van der Waals surface area contributed by atoms with Crippen LogP contribution in [0, 0.1) is 29.6 Å². The van der Waals surface area contributed by atoms with Gasteiger partial charge in [0.2, 0.25) is 11.8 Å². The van der Waals surface area contributed by atoms with Gasteiger partial charge in [-0.1, -0.05) is 36.9 Å².